The molecule has 0 aliphatic rings. The maximum Gasteiger partial charge on any atom is 0.283 e. The van der Waals surface area contributed by atoms with E-state index in [1.807, 2.05) is 0 Å². The lowest BCUT2D eigenvalue weighted by molar-refractivity contribution is -0.387. The topological polar surface area (TPSA) is 86.3 Å². The highest BCUT2D eigenvalue weighted by atomic mass is 33.5. The zero-order chi connectivity index (χ0) is 15.2. The van der Waals surface area contributed by atoms with Gasteiger partial charge in [0.1, 0.15) is 0 Å². The first-order valence-corrected chi connectivity index (χ1v) is 9.06. The van der Waals surface area contributed by atoms with E-state index in [1.165, 1.54) is 43.5 Å². The number of rotatable bonds is 6. The van der Waals surface area contributed by atoms with Crippen molar-refractivity contribution in [2.75, 3.05) is 0 Å². The molecule has 0 atom stereocenters. The van der Waals surface area contributed by atoms with Crippen molar-refractivity contribution in [3.63, 3.8) is 0 Å². The standard InChI is InChI=1S/C12H8N2O4S3/c15-13(16)9-5-1-3-7-11(9)19-21-20-12-8-4-2-6-10(12)14(17)18/h1-8H. The quantitative estimate of drug-likeness (QED) is 0.417. The van der Waals surface area contributed by atoms with Gasteiger partial charge in [0.25, 0.3) is 11.4 Å². The van der Waals surface area contributed by atoms with Gasteiger partial charge in [-0.05, 0) is 43.5 Å². The van der Waals surface area contributed by atoms with Crippen molar-refractivity contribution in [1.29, 1.82) is 0 Å². The molecule has 9 heteroatoms. The zero-order valence-electron chi connectivity index (χ0n) is 10.4. The fourth-order valence-electron chi connectivity index (χ4n) is 1.45. The van der Waals surface area contributed by atoms with E-state index in [4.69, 9.17) is 0 Å². The molecule has 0 saturated heterocycles. The van der Waals surface area contributed by atoms with Gasteiger partial charge in [0.05, 0.1) is 19.6 Å². The third-order valence-corrected chi connectivity index (χ3v) is 6.27. The summed E-state index contributed by atoms with van der Waals surface area (Å²) >= 11 is 0. The second kappa shape index (κ2) is 7.34. The molecule has 0 aliphatic carbocycles. The summed E-state index contributed by atoms with van der Waals surface area (Å²) in [5.74, 6) is 0. The Morgan fingerprint density at radius 2 is 1.10 bits per heavy atom. The highest BCUT2D eigenvalue weighted by molar-refractivity contribution is 9.09. The van der Waals surface area contributed by atoms with Crippen molar-refractivity contribution in [3.05, 3.63) is 68.8 Å². The predicted octanol–water partition coefficient (Wildman–Crippen LogP) is 4.95. The smallest absolute Gasteiger partial charge is 0.258 e. The SMILES string of the molecule is O=[N+]([O-])c1ccccc1SSSc1ccccc1[N+](=O)[O-]. The van der Waals surface area contributed by atoms with E-state index < -0.39 is 9.85 Å². The molecule has 0 saturated carbocycles. The Kier molecular flexibility index (Phi) is 5.48. The minimum atomic E-state index is -0.446. The zero-order valence-corrected chi connectivity index (χ0v) is 12.8. The third kappa shape index (κ3) is 4.13. The van der Waals surface area contributed by atoms with Gasteiger partial charge in [-0.25, -0.2) is 0 Å². The van der Waals surface area contributed by atoms with Crippen LogP contribution < -0.4 is 0 Å². The van der Waals surface area contributed by atoms with Gasteiger partial charge in [0.2, 0.25) is 0 Å². The van der Waals surface area contributed by atoms with Crippen molar-refractivity contribution in [1.82, 2.24) is 0 Å². The molecule has 0 bridgehead atoms. The number of hydrogen-bond donors (Lipinski definition) is 0. The van der Waals surface area contributed by atoms with Crippen LogP contribution in [-0.4, -0.2) is 9.85 Å². The lowest BCUT2D eigenvalue weighted by Gasteiger charge is -2.02. The lowest BCUT2D eigenvalue weighted by Crippen LogP contribution is -1.89. The van der Waals surface area contributed by atoms with Crippen LogP contribution in [0.5, 0.6) is 0 Å². The van der Waals surface area contributed by atoms with Crippen molar-refractivity contribution >= 4 is 42.8 Å². The highest BCUT2D eigenvalue weighted by Crippen LogP contribution is 2.48. The van der Waals surface area contributed by atoms with Crippen LogP contribution in [0.15, 0.2) is 58.3 Å². The molecule has 6 nitrogen and oxygen atoms in total. The predicted molar refractivity (Wildman–Crippen MR) is 85.5 cm³/mol. The number of nitrogens with zero attached hydrogens (tertiary/aromatic N) is 2. The van der Waals surface area contributed by atoms with E-state index in [2.05, 4.69) is 0 Å². The monoisotopic (exact) mass is 340 g/mol. The number of para-hydroxylation sites is 2. The fourth-order valence-corrected chi connectivity index (χ4v) is 5.37. The van der Waals surface area contributed by atoms with Crippen LogP contribution in [0.1, 0.15) is 0 Å². The molecule has 0 unspecified atom stereocenters. The van der Waals surface area contributed by atoms with Gasteiger partial charge in [-0.3, -0.25) is 20.2 Å². The van der Waals surface area contributed by atoms with Crippen molar-refractivity contribution in [2.24, 2.45) is 0 Å². The molecule has 21 heavy (non-hydrogen) atoms. The molecule has 2 rings (SSSR count). The minimum Gasteiger partial charge on any atom is -0.258 e. The van der Waals surface area contributed by atoms with E-state index in [0.717, 1.165) is 0 Å². The first-order chi connectivity index (χ1) is 10.1. The van der Waals surface area contributed by atoms with Crippen LogP contribution in [0, 0.1) is 20.2 Å². The Bertz CT molecular complexity index is 624. The van der Waals surface area contributed by atoms with Crippen LogP contribution in [-0.2, 0) is 0 Å². The summed E-state index contributed by atoms with van der Waals surface area (Å²) in [6, 6.07) is 12.8. The highest BCUT2D eigenvalue weighted by Gasteiger charge is 2.16. The fraction of sp³-hybridized carbons (Fsp3) is 0. The van der Waals surface area contributed by atoms with Crippen molar-refractivity contribution < 1.29 is 9.85 Å². The summed E-state index contributed by atoms with van der Waals surface area (Å²) in [5.41, 5.74) is 0.0522. The van der Waals surface area contributed by atoms with Gasteiger partial charge in [-0.2, -0.15) is 0 Å². The summed E-state index contributed by atoms with van der Waals surface area (Å²) in [5, 5.41) is 21.8. The molecule has 0 fully saturated rings. The first kappa shape index (κ1) is 15.7. The molecule has 0 aliphatic heterocycles. The molecule has 108 valence electrons. The molecule has 0 spiro atoms. The average Bonchev–Trinajstić information content (AvgIpc) is 2.48. The summed E-state index contributed by atoms with van der Waals surface area (Å²) in [7, 11) is 3.66. The van der Waals surface area contributed by atoms with E-state index in [1.54, 1.807) is 36.4 Å². The van der Waals surface area contributed by atoms with Gasteiger partial charge in [0.15, 0.2) is 0 Å². The molecule has 2 aromatic carbocycles. The van der Waals surface area contributed by atoms with E-state index in [0.29, 0.717) is 9.79 Å². The van der Waals surface area contributed by atoms with Gasteiger partial charge in [0, 0.05) is 12.1 Å². The number of nitro benzene ring substituents is 2. The van der Waals surface area contributed by atoms with Crippen LogP contribution in [0.25, 0.3) is 0 Å². The van der Waals surface area contributed by atoms with Crippen LogP contribution in [0.3, 0.4) is 0 Å². The van der Waals surface area contributed by atoms with Gasteiger partial charge >= 0.3 is 0 Å². The Hall–Kier alpha value is -1.71. The molecular formula is C12H8N2O4S3. The van der Waals surface area contributed by atoms with Gasteiger partial charge < -0.3 is 0 Å². The Labute approximate surface area is 131 Å². The normalized spacial score (nSPS) is 10.3. The maximum absolute atomic E-state index is 10.9. The van der Waals surface area contributed by atoms with E-state index in [-0.39, 0.29) is 11.4 Å². The number of hydrogen-bond acceptors (Lipinski definition) is 7. The lowest BCUT2D eigenvalue weighted by atomic mass is 10.3. The summed E-state index contributed by atoms with van der Waals surface area (Å²) in [6.07, 6.45) is 0. The molecular weight excluding hydrogens is 332 g/mol. The van der Waals surface area contributed by atoms with Crippen molar-refractivity contribution in [2.45, 2.75) is 9.79 Å². The molecule has 0 heterocycles. The third-order valence-electron chi connectivity index (χ3n) is 2.37. The Morgan fingerprint density at radius 3 is 1.48 bits per heavy atom. The van der Waals surface area contributed by atoms with Gasteiger partial charge in [-0.15, -0.1) is 0 Å². The first-order valence-electron chi connectivity index (χ1n) is 5.57. The van der Waals surface area contributed by atoms with Gasteiger partial charge in [-0.1, -0.05) is 24.3 Å². The summed E-state index contributed by atoms with van der Waals surface area (Å²) < 4.78 is 0. The van der Waals surface area contributed by atoms with Crippen molar-refractivity contribution in [3.8, 4) is 0 Å². The number of benzene rings is 2. The molecule has 0 N–H and O–H groups in total. The van der Waals surface area contributed by atoms with E-state index >= 15 is 0 Å². The Morgan fingerprint density at radius 1 is 0.714 bits per heavy atom. The maximum atomic E-state index is 10.9. The minimum absolute atomic E-state index is 0.0261. The second-order valence-electron chi connectivity index (χ2n) is 3.68. The second-order valence-corrected chi connectivity index (χ2v) is 7.67. The largest absolute Gasteiger partial charge is 0.283 e. The van der Waals surface area contributed by atoms with Crippen LogP contribution in [0.4, 0.5) is 11.4 Å². The van der Waals surface area contributed by atoms with Crippen LogP contribution in [0.2, 0.25) is 0 Å². The summed E-state index contributed by atoms with van der Waals surface area (Å²) in [6.45, 7) is 0. The molecule has 0 radical (unpaired) electrons. The Balaban J connectivity index is 2.06. The van der Waals surface area contributed by atoms with E-state index in [9.17, 15) is 20.2 Å². The number of nitro groups is 2. The molecule has 2 aromatic rings. The average molecular weight is 340 g/mol. The molecule has 0 amide bonds. The molecule has 0 aromatic heterocycles. The summed E-state index contributed by atoms with van der Waals surface area (Å²) in [4.78, 5) is 21.9. The van der Waals surface area contributed by atoms with Crippen LogP contribution >= 0.6 is 31.4 Å².